The molecule has 2 heterocycles. The van der Waals surface area contributed by atoms with Crippen molar-refractivity contribution in [3.8, 4) is 0 Å². The van der Waals surface area contributed by atoms with Gasteiger partial charge in [0, 0.05) is 35.9 Å². The molecule has 1 fully saturated rings. The molecule has 1 aliphatic rings. The third-order valence-electron chi connectivity index (χ3n) is 4.49. The first-order valence-electron chi connectivity index (χ1n) is 8.36. The Labute approximate surface area is 159 Å². The zero-order chi connectivity index (χ0) is 19.8. The predicted octanol–water partition coefficient (Wildman–Crippen LogP) is 3.82. The number of aromatic amines is 1. The molecule has 0 bridgehead atoms. The van der Waals surface area contributed by atoms with E-state index in [2.05, 4.69) is 9.46 Å². The van der Waals surface area contributed by atoms with Gasteiger partial charge in [-0.25, -0.2) is 13.0 Å². The van der Waals surface area contributed by atoms with E-state index in [1.807, 2.05) is 0 Å². The molecule has 3 rings (SSSR count). The number of hydrogen-bond donors (Lipinski definition) is 1. The summed E-state index contributed by atoms with van der Waals surface area (Å²) in [5.41, 5.74) is -1.67. The number of nitrogens with one attached hydrogen (secondary N) is 1. The van der Waals surface area contributed by atoms with Crippen LogP contribution in [0.25, 0.3) is 0 Å². The smallest absolute Gasteiger partial charge is 0.277 e. The Morgan fingerprint density at radius 2 is 1.93 bits per heavy atom. The first kappa shape index (κ1) is 19.8. The van der Waals surface area contributed by atoms with Crippen LogP contribution in [0.5, 0.6) is 0 Å². The Morgan fingerprint density at radius 1 is 1.26 bits per heavy atom. The lowest BCUT2D eigenvalue weighted by Gasteiger charge is -2.17. The third-order valence-corrected chi connectivity index (χ3v) is 7.24. The molecule has 1 N–H and O–H groups in total. The van der Waals surface area contributed by atoms with E-state index in [0.717, 1.165) is 23.2 Å². The van der Waals surface area contributed by atoms with E-state index in [1.165, 1.54) is 13.2 Å². The Morgan fingerprint density at radius 3 is 2.48 bits per heavy atom. The van der Waals surface area contributed by atoms with Crippen molar-refractivity contribution >= 4 is 32.8 Å². The lowest BCUT2D eigenvalue weighted by molar-refractivity contribution is 0.103. The second-order valence-electron chi connectivity index (χ2n) is 6.38. The molecule has 1 aromatic heterocycles. The average molecular weight is 418 g/mol. The maximum absolute atomic E-state index is 13.5. The standard InChI is InChI=1S/C17H18ClF2N3O3S/c1-23-17(25)12(9-21-23)15(24)10-5-6-11(16(19)20)14(13(10)18)22-27(26)7-3-2-4-8-27/h5-6,9,16,21H,2-4,7-8H2,1H3. The third kappa shape index (κ3) is 3.84. The number of hydrogen-bond acceptors (Lipinski definition) is 4. The topological polar surface area (TPSA) is 84.3 Å². The summed E-state index contributed by atoms with van der Waals surface area (Å²) in [6.45, 7) is 0. The van der Waals surface area contributed by atoms with Gasteiger partial charge in [0.15, 0.2) is 0 Å². The highest BCUT2D eigenvalue weighted by Gasteiger charge is 2.26. The van der Waals surface area contributed by atoms with Crippen LogP contribution >= 0.6 is 11.6 Å². The summed E-state index contributed by atoms with van der Waals surface area (Å²) in [5, 5.41) is 2.26. The minimum Gasteiger partial charge on any atom is -0.302 e. The summed E-state index contributed by atoms with van der Waals surface area (Å²) in [4.78, 5) is 24.7. The molecule has 10 heteroatoms. The maximum Gasteiger partial charge on any atom is 0.277 e. The van der Waals surface area contributed by atoms with Gasteiger partial charge in [-0.1, -0.05) is 24.1 Å². The Kier molecular flexibility index (Phi) is 5.53. The number of carbonyl (C=O) groups excluding carboxylic acids is 1. The van der Waals surface area contributed by atoms with Crippen LogP contribution in [-0.4, -0.2) is 31.3 Å². The van der Waals surface area contributed by atoms with E-state index in [0.29, 0.717) is 24.3 Å². The van der Waals surface area contributed by atoms with Crippen molar-refractivity contribution in [1.29, 1.82) is 0 Å². The van der Waals surface area contributed by atoms with Gasteiger partial charge in [-0.2, -0.15) is 4.36 Å². The zero-order valence-electron chi connectivity index (χ0n) is 14.5. The summed E-state index contributed by atoms with van der Waals surface area (Å²) >= 11 is 6.25. The number of nitrogens with zero attached hydrogens (tertiary/aromatic N) is 2. The molecule has 1 aromatic carbocycles. The van der Waals surface area contributed by atoms with Crippen LogP contribution in [0.1, 0.15) is 47.2 Å². The van der Waals surface area contributed by atoms with Gasteiger partial charge in [0.25, 0.3) is 12.0 Å². The number of benzene rings is 1. The van der Waals surface area contributed by atoms with Gasteiger partial charge in [-0.05, 0) is 18.9 Å². The van der Waals surface area contributed by atoms with Crippen LogP contribution < -0.4 is 5.56 Å². The minimum absolute atomic E-state index is 0.129. The summed E-state index contributed by atoms with van der Waals surface area (Å²) in [6.07, 6.45) is 0.638. The van der Waals surface area contributed by atoms with Crippen molar-refractivity contribution in [2.45, 2.75) is 25.7 Å². The van der Waals surface area contributed by atoms with Crippen LogP contribution in [0.15, 0.2) is 27.5 Å². The Hall–Kier alpha value is -2.00. The molecular weight excluding hydrogens is 400 g/mol. The quantitative estimate of drug-likeness (QED) is 0.767. The maximum atomic E-state index is 13.5. The normalized spacial score (nSPS) is 16.5. The molecular formula is C17H18ClF2N3O3S. The van der Waals surface area contributed by atoms with Crippen LogP contribution in [0.2, 0.25) is 5.02 Å². The van der Waals surface area contributed by atoms with E-state index >= 15 is 0 Å². The lowest BCUT2D eigenvalue weighted by atomic mass is 10.0. The van der Waals surface area contributed by atoms with Gasteiger partial charge in [0.05, 0.1) is 14.8 Å². The molecule has 0 unspecified atom stereocenters. The number of alkyl halides is 2. The number of ketones is 1. The summed E-state index contributed by atoms with van der Waals surface area (Å²) in [7, 11) is -1.27. The molecule has 2 aromatic rings. The first-order chi connectivity index (χ1) is 12.7. The lowest BCUT2D eigenvalue weighted by Crippen LogP contribution is -2.19. The average Bonchev–Trinajstić information content (AvgIpc) is 2.95. The molecule has 0 spiro atoms. The highest BCUT2D eigenvalue weighted by molar-refractivity contribution is 7.93. The van der Waals surface area contributed by atoms with E-state index < -0.39 is 33.1 Å². The molecule has 146 valence electrons. The zero-order valence-corrected chi connectivity index (χ0v) is 16.1. The molecule has 1 aliphatic heterocycles. The monoisotopic (exact) mass is 417 g/mol. The Balaban J connectivity index is 2.17. The van der Waals surface area contributed by atoms with Crippen molar-refractivity contribution in [3.63, 3.8) is 0 Å². The van der Waals surface area contributed by atoms with Crippen molar-refractivity contribution in [3.05, 3.63) is 50.4 Å². The van der Waals surface area contributed by atoms with Gasteiger partial charge >= 0.3 is 0 Å². The van der Waals surface area contributed by atoms with Crippen molar-refractivity contribution in [2.24, 2.45) is 11.4 Å². The van der Waals surface area contributed by atoms with E-state index in [9.17, 15) is 22.6 Å². The molecule has 1 saturated heterocycles. The van der Waals surface area contributed by atoms with Gasteiger partial charge in [0.1, 0.15) is 11.3 Å². The van der Waals surface area contributed by atoms with Crippen LogP contribution in [0.3, 0.4) is 0 Å². The number of carbonyl (C=O) groups is 1. The fourth-order valence-corrected chi connectivity index (χ4v) is 5.56. The highest BCUT2D eigenvalue weighted by Crippen LogP contribution is 2.39. The van der Waals surface area contributed by atoms with E-state index in [-0.39, 0.29) is 21.8 Å². The van der Waals surface area contributed by atoms with Gasteiger partial charge < -0.3 is 5.10 Å². The predicted molar refractivity (Wildman–Crippen MR) is 99.7 cm³/mol. The Bertz CT molecular complexity index is 1060. The van der Waals surface area contributed by atoms with Crippen LogP contribution in [-0.2, 0) is 16.8 Å². The van der Waals surface area contributed by atoms with Gasteiger partial charge in [-0.3, -0.25) is 14.3 Å². The van der Waals surface area contributed by atoms with Gasteiger partial charge in [-0.15, -0.1) is 0 Å². The highest BCUT2D eigenvalue weighted by atomic mass is 35.5. The molecule has 27 heavy (non-hydrogen) atoms. The van der Waals surface area contributed by atoms with Gasteiger partial charge in [0.2, 0.25) is 5.78 Å². The van der Waals surface area contributed by atoms with Crippen molar-refractivity contribution in [2.75, 3.05) is 11.5 Å². The molecule has 0 amide bonds. The van der Waals surface area contributed by atoms with Crippen molar-refractivity contribution in [1.82, 2.24) is 9.78 Å². The molecule has 0 radical (unpaired) electrons. The number of rotatable bonds is 4. The second kappa shape index (κ2) is 7.55. The number of aryl methyl sites for hydroxylation is 1. The first-order valence-corrected chi connectivity index (χ1v) is 10.6. The van der Waals surface area contributed by atoms with Crippen molar-refractivity contribution < 1.29 is 17.8 Å². The second-order valence-corrected chi connectivity index (χ2v) is 9.30. The summed E-state index contributed by atoms with van der Waals surface area (Å²) in [5.74, 6) is -0.0943. The summed E-state index contributed by atoms with van der Waals surface area (Å²) < 4.78 is 45.0. The largest absolute Gasteiger partial charge is 0.302 e. The molecule has 6 nitrogen and oxygen atoms in total. The number of H-pyrrole nitrogens is 1. The fraction of sp³-hybridized carbons (Fsp3) is 0.412. The molecule has 0 atom stereocenters. The number of halogens is 3. The fourth-order valence-electron chi connectivity index (χ4n) is 2.99. The molecule has 0 saturated carbocycles. The summed E-state index contributed by atoms with van der Waals surface area (Å²) in [6, 6.07) is 2.19. The minimum atomic E-state index is -2.89. The SMILES string of the molecule is Cn1[nH]cc(C(=O)c2ccc(C(F)F)c(N=S3(=O)CCCCC3)c2Cl)c1=O. The van der Waals surface area contributed by atoms with E-state index in [1.54, 1.807) is 0 Å². The molecule has 0 aliphatic carbocycles. The van der Waals surface area contributed by atoms with Crippen LogP contribution in [0.4, 0.5) is 14.5 Å². The van der Waals surface area contributed by atoms with Crippen LogP contribution in [0, 0.1) is 0 Å². The number of aromatic nitrogens is 2. The van der Waals surface area contributed by atoms with E-state index in [4.69, 9.17) is 11.6 Å².